The van der Waals surface area contributed by atoms with Crippen LogP contribution in [0.2, 0.25) is 0 Å². The minimum Gasteiger partial charge on any atom is -0.477 e. The van der Waals surface area contributed by atoms with Gasteiger partial charge in [0.2, 0.25) is 0 Å². The molecule has 0 radical (unpaired) electrons. The van der Waals surface area contributed by atoms with Crippen LogP contribution in [0.1, 0.15) is 47.3 Å². The molecule has 4 N–H and O–H groups in total. The number of amides is 2. The van der Waals surface area contributed by atoms with E-state index < -0.39 is 46.0 Å². The fraction of sp³-hybridized carbons (Fsp3) is 0.167. The van der Waals surface area contributed by atoms with Gasteiger partial charge in [-0.15, -0.1) is 4.73 Å². The molecule has 1 aromatic carbocycles. The Labute approximate surface area is 208 Å². The molecule has 2 heterocycles. The third kappa shape index (κ3) is 6.08. The number of carbonyl (C=O) groups excluding carboxylic acids is 2. The van der Waals surface area contributed by atoms with E-state index in [2.05, 4.69) is 10.6 Å². The average Bonchev–Trinajstić information content (AvgIpc) is 2.87. The fourth-order valence-electron chi connectivity index (χ4n) is 3.25. The number of pyridine rings is 2. The van der Waals surface area contributed by atoms with E-state index in [1.54, 1.807) is 30.3 Å². The van der Waals surface area contributed by atoms with Crippen LogP contribution in [0.15, 0.2) is 64.2 Å². The molecule has 0 saturated heterocycles. The molecular formula is C24H22N4O9. The molecule has 3 aromatic rings. The number of nitrogens with one attached hydrogen (secondary N) is 2. The average molecular weight is 510 g/mol. The summed E-state index contributed by atoms with van der Waals surface area (Å²) >= 11 is 0. The van der Waals surface area contributed by atoms with Crippen molar-refractivity contribution in [2.45, 2.75) is 6.61 Å². The van der Waals surface area contributed by atoms with Crippen LogP contribution in [0.25, 0.3) is 0 Å². The van der Waals surface area contributed by atoms with Crippen LogP contribution in [0.5, 0.6) is 0 Å². The zero-order valence-electron chi connectivity index (χ0n) is 19.5. The molecule has 0 aliphatic carbocycles. The Bertz CT molecular complexity index is 1480. The van der Waals surface area contributed by atoms with Crippen molar-refractivity contribution in [2.24, 2.45) is 7.05 Å². The Balaban J connectivity index is 1.68. The molecule has 2 aromatic heterocycles. The van der Waals surface area contributed by atoms with E-state index in [1.807, 2.05) is 0 Å². The Morgan fingerprint density at radius 1 is 0.757 bits per heavy atom. The summed E-state index contributed by atoms with van der Waals surface area (Å²) in [6.45, 7) is -0.291. The number of carbonyl (C=O) groups is 4. The summed E-state index contributed by atoms with van der Waals surface area (Å²) in [5.41, 5.74) is -2.63. The topological polar surface area (TPSA) is 186 Å². The summed E-state index contributed by atoms with van der Waals surface area (Å²) in [6.07, 6.45) is 0. The van der Waals surface area contributed by atoms with Gasteiger partial charge in [-0.05, 0) is 29.8 Å². The summed E-state index contributed by atoms with van der Waals surface area (Å²) in [7, 11) is 1.25. The molecule has 0 unspecified atom stereocenters. The van der Waals surface area contributed by atoms with Gasteiger partial charge < -0.3 is 30.3 Å². The largest absolute Gasteiger partial charge is 0.477 e. The number of aromatic carboxylic acids is 2. The van der Waals surface area contributed by atoms with Crippen LogP contribution in [0, 0.1) is 0 Å². The molecule has 13 heteroatoms. The van der Waals surface area contributed by atoms with E-state index in [1.165, 1.54) is 13.1 Å². The van der Waals surface area contributed by atoms with E-state index in [4.69, 9.17) is 9.94 Å². The molecule has 2 amide bonds. The number of hydrogen-bond acceptors (Lipinski definition) is 7. The maximum Gasteiger partial charge on any atom is 0.341 e. The van der Waals surface area contributed by atoms with Gasteiger partial charge in [-0.2, -0.15) is 0 Å². The summed E-state index contributed by atoms with van der Waals surface area (Å²) in [5.74, 6) is -4.35. The van der Waals surface area contributed by atoms with E-state index >= 15 is 0 Å². The predicted octanol–water partition coefficient (Wildman–Crippen LogP) is -0.268. The first-order chi connectivity index (χ1) is 17.6. The minimum atomic E-state index is -1.48. The highest BCUT2D eigenvalue weighted by molar-refractivity contribution is 5.95. The molecule has 13 nitrogen and oxygen atoms in total. The maximum absolute atomic E-state index is 12.7. The second-order valence-electron chi connectivity index (χ2n) is 7.61. The highest BCUT2D eigenvalue weighted by Crippen LogP contribution is 2.04. The number of rotatable bonds is 10. The van der Waals surface area contributed by atoms with Gasteiger partial charge in [0, 0.05) is 20.1 Å². The molecule has 0 spiro atoms. The van der Waals surface area contributed by atoms with Gasteiger partial charge in [0.25, 0.3) is 22.9 Å². The van der Waals surface area contributed by atoms with Crippen molar-refractivity contribution in [1.82, 2.24) is 19.9 Å². The smallest absolute Gasteiger partial charge is 0.341 e. The van der Waals surface area contributed by atoms with Crippen LogP contribution < -0.4 is 26.6 Å². The number of carboxylic acids is 2. The van der Waals surface area contributed by atoms with Gasteiger partial charge in [-0.1, -0.05) is 30.3 Å². The third-order valence-electron chi connectivity index (χ3n) is 5.17. The molecule has 0 aliphatic rings. The lowest BCUT2D eigenvalue weighted by Gasteiger charge is -2.15. The second kappa shape index (κ2) is 11.5. The van der Waals surface area contributed by atoms with Gasteiger partial charge in [-0.3, -0.25) is 19.2 Å². The first-order valence-corrected chi connectivity index (χ1v) is 10.8. The van der Waals surface area contributed by atoms with Crippen LogP contribution >= 0.6 is 0 Å². The predicted molar refractivity (Wildman–Crippen MR) is 128 cm³/mol. The highest BCUT2D eigenvalue weighted by atomic mass is 16.7. The molecular weight excluding hydrogens is 488 g/mol. The van der Waals surface area contributed by atoms with Gasteiger partial charge in [0.15, 0.2) is 0 Å². The zero-order chi connectivity index (χ0) is 27.1. The lowest BCUT2D eigenvalue weighted by molar-refractivity contribution is 0.0632. The number of aromatic nitrogens is 2. The van der Waals surface area contributed by atoms with Gasteiger partial charge in [0.05, 0.1) is 0 Å². The number of hydrogen-bond donors (Lipinski definition) is 4. The van der Waals surface area contributed by atoms with Crippen LogP contribution in [-0.2, 0) is 13.7 Å². The second-order valence-corrected chi connectivity index (χ2v) is 7.61. The highest BCUT2D eigenvalue weighted by Gasteiger charge is 2.20. The molecule has 0 atom stereocenters. The summed E-state index contributed by atoms with van der Waals surface area (Å²) < 4.78 is 1.49. The van der Waals surface area contributed by atoms with E-state index in [0.717, 1.165) is 22.8 Å². The van der Waals surface area contributed by atoms with Gasteiger partial charge in [-0.25, -0.2) is 9.59 Å². The Kier molecular flexibility index (Phi) is 8.20. The summed E-state index contributed by atoms with van der Waals surface area (Å²) in [6, 6.07) is 13.0. The zero-order valence-corrected chi connectivity index (χ0v) is 19.5. The Hall–Kier alpha value is -5.20. The molecule has 0 fully saturated rings. The molecule has 37 heavy (non-hydrogen) atoms. The monoisotopic (exact) mass is 510 g/mol. The number of nitrogens with zero attached hydrogens (tertiary/aromatic N) is 2. The van der Waals surface area contributed by atoms with E-state index in [-0.39, 0.29) is 31.1 Å². The van der Waals surface area contributed by atoms with E-state index in [0.29, 0.717) is 10.3 Å². The first-order valence-electron chi connectivity index (χ1n) is 10.8. The van der Waals surface area contributed by atoms with Crippen molar-refractivity contribution in [3.05, 3.63) is 103 Å². The maximum atomic E-state index is 12.7. The third-order valence-corrected chi connectivity index (χ3v) is 5.17. The molecule has 0 bridgehead atoms. The van der Waals surface area contributed by atoms with Crippen LogP contribution in [0.3, 0.4) is 0 Å². The molecule has 3 rings (SSSR count). The van der Waals surface area contributed by atoms with Gasteiger partial charge >= 0.3 is 11.9 Å². The molecule has 192 valence electrons. The number of carboxylic acid groups (broad SMARTS) is 2. The van der Waals surface area contributed by atoms with Crippen LogP contribution in [0.4, 0.5) is 0 Å². The Morgan fingerprint density at radius 2 is 1.27 bits per heavy atom. The van der Waals surface area contributed by atoms with Crippen molar-refractivity contribution in [1.29, 1.82) is 0 Å². The normalized spacial score (nSPS) is 10.4. The van der Waals surface area contributed by atoms with Crippen molar-refractivity contribution in [2.75, 3.05) is 13.1 Å². The van der Waals surface area contributed by atoms with Crippen molar-refractivity contribution >= 4 is 23.8 Å². The van der Waals surface area contributed by atoms with Gasteiger partial charge in [0.1, 0.15) is 29.1 Å². The first kappa shape index (κ1) is 26.4. The standard InChI is InChI=1S/C24H22N4O9/c1-27-17(9-7-15(21(27)31)23(33)34)19(29)25-11-12-26-20(30)18-10-8-16(24(35)36)22(32)28(18)37-13-14-5-3-2-4-6-14/h2-10H,11-13H2,1H3,(H,25,29)(H,26,30)(H,33,34)(H,35,36). The Morgan fingerprint density at radius 3 is 1.84 bits per heavy atom. The quantitative estimate of drug-likeness (QED) is 0.266. The summed E-state index contributed by atoms with van der Waals surface area (Å²) in [5, 5.41) is 23.2. The van der Waals surface area contributed by atoms with Crippen molar-refractivity contribution < 1.29 is 34.2 Å². The summed E-state index contributed by atoms with van der Waals surface area (Å²) in [4.78, 5) is 77.6. The van der Waals surface area contributed by atoms with Crippen molar-refractivity contribution in [3.63, 3.8) is 0 Å². The number of benzene rings is 1. The fourth-order valence-corrected chi connectivity index (χ4v) is 3.25. The van der Waals surface area contributed by atoms with Crippen molar-refractivity contribution in [3.8, 4) is 0 Å². The molecule has 0 aliphatic heterocycles. The lowest BCUT2D eigenvalue weighted by Crippen LogP contribution is -2.40. The SMILES string of the molecule is Cn1c(C(=O)NCCNC(=O)c2ccc(C(=O)O)c(=O)n2OCc2ccccc2)ccc(C(=O)O)c1=O. The molecule has 0 saturated carbocycles. The van der Waals surface area contributed by atoms with Crippen LogP contribution in [-0.4, -0.2) is 56.4 Å². The lowest BCUT2D eigenvalue weighted by atomic mass is 10.2. The van der Waals surface area contributed by atoms with E-state index in [9.17, 15) is 33.9 Å². The minimum absolute atomic E-state index is 0.0816.